The van der Waals surface area contributed by atoms with Crippen molar-refractivity contribution in [2.45, 2.75) is 49.2 Å². The lowest BCUT2D eigenvalue weighted by Gasteiger charge is -2.25. The van der Waals surface area contributed by atoms with E-state index < -0.39 is 9.73 Å². The van der Waals surface area contributed by atoms with E-state index in [9.17, 15) is 9.00 Å². The number of fused-ring (bicyclic) bond motifs is 1. The van der Waals surface area contributed by atoms with Crippen LogP contribution in [-0.4, -0.2) is 30.1 Å². The molecule has 140 valence electrons. The summed E-state index contributed by atoms with van der Waals surface area (Å²) in [6.45, 7) is 1.38. The van der Waals surface area contributed by atoms with Gasteiger partial charge in [-0.1, -0.05) is 19.3 Å². The summed E-state index contributed by atoms with van der Waals surface area (Å²) in [4.78, 5) is 16.5. The van der Waals surface area contributed by atoms with Crippen molar-refractivity contribution in [3.8, 4) is 5.69 Å². The molecule has 0 radical (unpaired) electrons. The average Bonchev–Trinajstić information content (AvgIpc) is 3.12. The molecule has 6 nitrogen and oxygen atoms in total. The minimum atomic E-state index is -2.79. The first-order valence-electron chi connectivity index (χ1n) is 9.23. The first kappa shape index (κ1) is 17.9. The molecule has 0 N–H and O–H groups in total. The van der Waals surface area contributed by atoms with Crippen LogP contribution in [0.4, 0.5) is 0 Å². The number of hydrogen-bond donors (Lipinski definition) is 0. The van der Waals surface area contributed by atoms with Crippen LogP contribution in [-0.2, 0) is 14.5 Å². The maximum Gasteiger partial charge on any atom is 0.250 e. The van der Waals surface area contributed by atoms with E-state index in [2.05, 4.69) is 14.4 Å². The summed E-state index contributed by atoms with van der Waals surface area (Å²) >= 11 is 0. The zero-order valence-corrected chi connectivity index (χ0v) is 16.1. The van der Waals surface area contributed by atoms with Crippen LogP contribution in [0.25, 0.3) is 16.6 Å². The van der Waals surface area contributed by atoms with Gasteiger partial charge in [0.15, 0.2) is 0 Å². The van der Waals surface area contributed by atoms with Gasteiger partial charge in [0.2, 0.25) is 0 Å². The van der Waals surface area contributed by atoms with E-state index in [4.69, 9.17) is 0 Å². The van der Waals surface area contributed by atoms with Crippen molar-refractivity contribution in [2.75, 3.05) is 0 Å². The maximum absolute atomic E-state index is 13.8. The van der Waals surface area contributed by atoms with Gasteiger partial charge in [0.05, 0.1) is 27.1 Å². The van der Waals surface area contributed by atoms with Crippen LogP contribution in [0.5, 0.6) is 0 Å². The second-order valence-electron chi connectivity index (χ2n) is 6.94. The Morgan fingerprint density at radius 1 is 1.22 bits per heavy atom. The number of pyridine rings is 1. The summed E-state index contributed by atoms with van der Waals surface area (Å²) in [6.07, 6.45) is 10.3. The normalized spacial score (nSPS) is 17.5. The number of carbonyl (C=O) groups excluding carboxylic acids is 1. The van der Waals surface area contributed by atoms with Gasteiger partial charge in [-0.15, -0.1) is 0 Å². The van der Waals surface area contributed by atoms with E-state index >= 15 is 0 Å². The second kappa shape index (κ2) is 7.23. The minimum absolute atomic E-state index is 0.0685. The molecular weight excluding hydrogens is 360 g/mol. The molecule has 1 aliphatic carbocycles. The molecule has 2 aromatic heterocycles. The molecule has 4 rings (SSSR count). The Morgan fingerprint density at radius 3 is 2.74 bits per heavy atom. The quantitative estimate of drug-likeness (QED) is 0.682. The highest BCUT2D eigenvalue weighted by atomic mass is 32.2. The molecule has 0 aliphatic heterocycles. The first-order chi connectivity index (χ1) is 13.1. The van der Waals surface area contributed by atoms with Crippen molar-refractivity contribution in [1.82, 2.24) is 14.8 Å². The molecular formula is C20H22N4O2S. The molecule has 1 amide bonds. The lowest BCUT2D eigenvalue weighted by Crippen LogP contribution is -2.24. The molecule has 0 spiro atoms. The van der Waals surface area contributed by atoms with E-state index in [1.54, 1.807) is 17.1 Å². The minimum Gasteiger partial charge on any atom is -0.272 e. The SMILES string of the molecule is CC(=O)N=S(=O)(c1ccc2nn(-c3cccnc3)cc2c1)C1CCCCC1. The molecule has 1 saturated carbocycles. The van der Waals surface area contributed by atoms with Gasteiger partial charge >= 0.3 is 0 Å². The molecule has 1 aromatic carbocycles. The third-order valence-electron chi connectivity index (χ3n) is 4.99. The van der Waals surface area contributed by atoms with E-state index in [-0.39, 0.29) is 11.2 Å². The number of amides is 1. The summed E-state index contributed by atoms with van der Waals surface area (Å²) < 4.78 is 19.7. The fourth-order valence-corrected chi connectivity index (χ4v) is 6.25. The van der Waals surface area contributed by atoms with Crippen LogP contribution in [0.15, 0.2) is 58.2 Å². The number of hydrogen-bond acceptors (Lipinski definition) is 4. The fourth-order valence-electron chi connectivity index (χ4n) is 3.70. The average molecular weight is 382 g/mol. The van der Waals surface area contributed by atoms with Gasteiger partial charge < -0.3 is 0 Å². The van der Waals surface area contributed by atoms with Crippen molar-refractivity contribution in [3.05, 3.63) is 48.9 Å². The van der Waals surface area contributed by atoms with Crippen LogP contribution in [0.2, 0.25) is 0 Å². The third-order valence-corrected chi connectivity index (χ3v) is 7.82. The molecule has 3 aromatic rings. The smallest absolute Gasteiger partial charge is 0.250 e. The predicted molar refractivity (Wildman–Crippen MR) is 105 cm³/mol. The number of rotatable bonds is 3. The number of nitrogens with zero attached hydrogens (tertiary/aromatic N) is 4. The topological polar surface area (TPSA) is 77.2 Å². The van der Waals surface area contributed by atoms with Crippen molar-refractivity contribution >= 4 is 26.5 Å². The third kappa shape index (κ3) is 3.51. The van der Waals surface area contributed by atoms with E-state index in [0.29, 0.717) is 4.90 Å². The Labute approximate surface area is 158 Å². The van der Waals surface area contributed by atoms with Gasteiger partial charge in [-0.25, -0.2) is 8.89 Å². The molecule has 1 fully saturated rings. The van der Waals surface area contributed by atoms with Crippen LogP contribution in [0.3, 0.4) is 0 Å². The Hall–Kier alpha value is -2.54. The molecule has 0 bridgehead atoms. The maximum atomic E-state index is 13.8. The van der Waals surface area contributed by atoms with Crippen molar-refractivity contribution in [2.24, 2.45) is 4.36 Å². The Bertz CT molecular complexity index is 1090. The summed E-state index contributed by atoms with van der Waals surface area (Å²) in [7, 11) is -2.79. The molecule has 1 aliphatic rings. The van der Waals surface area contributed by atoms with Gasteiger partial charge in [0, 0.05) is 34.8 Å². The standard InChI is InChI=1S/C20H22N4O2S/c1-15(25)23-27(26,18-7-3-2-4-8-18)19-9-10-20-16(12-19)14-24(22-20)17-6-5-11-21-13-17/h5-6,9-14,18H,2-4,7-8H2,1H3. The highest BCUT2D eigenvalue weighted by Crippen LogP contribution is 2.32. The van der Waals surface area contributed by atoms with E-state index in [0.717, 1.165) is 48.7 Å². The van der Waals surface area contributed by atoms with Crippen molar-refractivity contribution in [3.63, 3.8) is 0 Å². The lowest BCUT2D eigenvalue weighted by atomic mass is 10.0. The summed E-state index contributed by atoms with van der Waals surface area (Å²) in [5.41, 5.74) is 1.66. The fraction of sp³-hybridized carbons (Fsp3) is 0.350. The van der Waals surface area contributed by atoms with Crippen LogP contribution in [0, 0.1) is 0 Å². The first-order valence-corrected chi connectivity index (χ1v) is 10.8. The van der Waals surface area contributed by atoms with Gasteiger partial charge in [-0.05, 0) is 43.2 Å². The molecule has 7 heteroatoms. The number of aromatic nitrogens is 3. The Kier molecular flexibility index (Phi) is 4.78. The largest absolute Gasteiger partial charge is 0.272 e. The van der Waals surface area contributed by atoms with Gasteiger partial charge in [0.1, 0.15) is 0 Å². The van der Waals surface area contributed by atoms with Gasteiger partial charge in [-0.3, -0.25) is 9.78 Å². The summed E-state index contributed by atoms with van der Waals surface area (Å²) in [5, 5.41) is 5.37. The molecule has 1 atom stereocenters. The second-order valence-corrected chi connectivity index (χ2v) is 9.40. The Morgan fingerprint density at radius 2 is 2.04 bits per heavy atom. The van der Waals surface area contributed by atoms with Crippen LogP contribution in [0.1, 0.15) is 39.0 Å². The monoisotopic (exact) mass is 382 g/mol. The highest BCUT2D eigenvalue weighted by molar-refractivity contribution is 7.94. The Balaban J connectivity index is 1.81. The molecule has 27 heavy (non-hydrogen) atoms. The molecule has 1 unspecified atom stereocenters. The predicted octanol–water partition coefficient (Wildman–Crippen LogP) is 4.13. The van der Waals surface area contributed by atoms with E-state index in [1.165, 1.54) is 6.92 Å². The highest BCUT2D eigenvalue weighted by Gasteiger charge is 2.28. The number of benzene rings is 1. The van der Waals surface area contributed by atoms with Gasteiger partial charge in [0.25, 0.3) is 5.91 Å². The molecule has 0 saturated heterocycles. The zero-order chi connectivity index (χ0) is 18.9. The van der Waals surface area contributed by atoms with E-state index in [1.807, 2.05) is 36.5 Å². The zero-order valence-electron chi connectivity index (χ0n) is 15.2. The van der Waals surface area contributed by atoms with Crippen molar-refractivity contribution < 1.29 is 9.00 Å². The summed E-state index contributed by atoms with van der Waals surface area (Å²) in [6, 6.07) is 9.32. The van der Waals surface area contributed by atoms with Crippen LogP contribution >= 0.6 is 0 Å². The van der Waals surface area contributed by atoms with Crippen molar-refractivity contribution in [1.29, 1.82) is 0 Å². The van der Waals surface area contributed by atoms with Crippen LogP contribution < -0.4 is 0 Å². The summed E-state index contributed by atoms with van der Waals surface area (Å²) in [5.74, 6) is -0.378. The molecule has 2 heterocycles. The lowest BCUT2D eigenvalue weighted by molar-refractivity contribution is -0.115. The van der Waals surface area contributed by atoms with Gasteiger partial charge in [-0.2, -0.15) is 9.46 Å². The number of carbonyl (C=O) groups is 1.